The smallest absolute Gasteiger partial charge is 0.227 e. The van der Waals surface area contributed by atoms with E-state index in [0.717, 1.165) is 29.5 Å². The van der Waals surface area contributed by atoms with Crippen LogP contribution in [0.3, 0.4) is 0 Å². The molecule has 2 aliphatic rings. The highest BCUT2D eigenvalue weighted by Gasteiger charge is 2.39. The van der Waals surface area contributed by atoms with Gasteiger partial charge >= 0.3 is 0 Å². The van der Waals surface area contributed by atoms with E-state index in [-0.39, 0.29) is 12.5 Å². The number of halogens is 1. The molecule has 0 spiro atoms. The first-order chi connectivity index (χ1) is 17.4. The summed E-state index contributed by atoms with van der Waals surface area (Å²) in [5.74, 6) is 2.24. The lowest BCUT2D eigenvalue weighted by molar-refractivity contribution is -0.0332. The quantitative estimate of drug-likeness (QED) is 0.451. The highest BCUT2D eigenvalue weighted by Crippen LogP contribution is 2.39. The standard InChI is InChI=1S/C28H37FN6O2/c1-17(2)19-6-7-22(35-14-18(15-35)27(3,4)36)21-13-31-25(12-20(19)21)32-24-8-10-30-26(33-24)34-11-9-28(5,37)23(29)16-34/h6-8,10,12-13,17-18,23,36-37H,9,11,14-16H2,1-5H3,(H,30,31,32,33)/t23-,28+/m0/s1. The molecular formula is C28H37FN6O2. The second-order valence-electron chi connectivity index (χ2n) is 11.6. The number of rotatable bonds is 6. The van der Waals surface area contributed by atoms with Crippen molar-refractivity contribution < 1.29 is 14.6 Å². The van der Waals surface area contributed by atoms with Crippen molar-refractivity contribution in [3.8, 4) is 0 Å². The molecule has 9 heteroatoms. The van der Waals surface area contributed by atoms with Gasteiger partial charge in [0.05, 0.1) is 17.7 Å². The normalized spacial score (nSPS) is 23.0. The van der Waals surface area contributed by atoms with Gasteiger partial charge in [0, 0.05) is 49.0 Å². The first kappa shape index (κ1) is 25.6. The third-order valence-electron chi connectivity index (χ3n) is 7.88. The number of hydrogen-bond acceptors (Lipinski definition) is 8. The summed E-state index contributed by atoms with van der Waals surface area (Å²) in [6, 6.07) is 8.17. The number of pyridine rings is 1. The number of anilines is 4. The third kappa shape index (κ3) is 5.07. The summed E-state index contributed by atoms with van der Waals surface area (Å²) in [4.78, 5) is 17.7. The van der Waals surface area contributed by atoms with Crippen LogP contribution in [0.4, 0.5) is 27.7 Å². The van der Waals surface area contributed by atoms with Crippen LogP contribution < -0.4 is 15.1 Å². The average Bonchev–Trinajstić information content (AvgIpc) is 2.79. The maximum Gasteiger partial charge on any atom is 0.227 e. The molecule has 1 aromatic carbocycles. The summed E-state index contributed by atoms with van der Waals surface area (Å²) in [6.45, 7) is 11.8. The summed E-state index contributed by atoms with van der Waals surface area (Å²) in [5.41, 5.74) is 0.360. The Bertz CT molecular complexity index is 1290. The molecule has 0 unspecified atom stereocenters. The number of aromatic nitrogens is 3. The van der Waals surface area contributed by atoms with E-state index in [0.29, 0.717) is 36.5 Å². The number of aliphatic hydroxyl groups is 2. The lowest BCUT2D eigenvalue weighted by atomic mass is 9.83. The van der Waals surface area contributed by atoms with E-state index in [2.05, 4.69) is 52.2 Å². The molecule has 2 aromatic heterocycles. The Morgan fingerprint density at radius 1 is 1.08 bits per heavy atom. The molecule has 0 aliphatic carbocycles. The number of nitrogens with one attached hydrogen (secondary N) is 1. The van der Waals surface area contributed by atoms with Crippen LogP contribution >= 0.6 is 0 Å². The van der Waals surface area contributed by atoms with Crippen LogP contribution in [0.1, 0.15) is 52.5 Å². The zero-order valence-electron chi connectivity index (χ0n) is 22.2. The molecular weight excluding hydrogens is 471 g/mol. The number of nitrogens with zero attached hydrogens (tertiary/aromatic N) is 5. The Kier molecular flexibility index (Phi) is 6.48. The van der Waals surface area contributed by atoms with Crippen molar-refractivity contribution in [3.05, 3.63) is 42.2 Å². The number of hydrogen-bond donors (Lipinski definition) is 3. The Hall–Kier alpha value is -3.04. The first-order valence-corrected chi connectivity index (χ1v) is 13.0. The minimum absolute atomic E-state index is 0.0516. The van der Waals surface area contributed by atoms with Crippen molar-refractivity contribution in [2.24, 2.45) is 5.92 Å². The Labute approximate surface area is 217 Å². The van der Waals surface area contributed by atoms with E-state index in [4.69, 9.17) is 4.98 Å². The van der Waals surface area contributed by atoms with Crippen LogP contribution in [0.15, 0.2) is 36.7 Å². The largest absolute Gasteiger partial charge is 0.390 e. The zero-order valence-corrected chi connectivity index (χ0v) is 22.2. The topological polar surface area (TPSA) is 97.6 Å². The number of alkyl halides is 1. The summed E-state index contributed by atoms with van der Waals surface area (Å²) in [7, 11) is 0. The Balaban J connectivity index is 1.40. The first-order valence-electron chi connectivity index (χ1n) is 13.0. The third-order valence-corrected chi connectivity index (χ3v) is 7.88. The van der Waals surface area contributed by atoms with Crippen LogP contribution in [0, 0.1) is 5.92 Å². The van der Waals surface area contributed by atoms with Gasteiger partial charge in [-0.1, -0.05) is 19.9 Å². The van der Waals surface area contributed by atoms with Gasteiger partial charge < -0.3 is 25.3 Å². The van der Waals surface area contributed by atoms with Crippen molar-refractivity contribution in [1.29, 1.82) is 0 Å². The van der Waals surface area contributed by atoms with Gasteiger partial charge in [0.15, 0.2) is 0 Å². The molecule has 37 heavy (non-hydrogen) atoms. The fraction of sp³-hybridized carbons (Fsp3) is 0.536. The molecule has 5 rings (SSSR count). The molecule has 3 aromatic rings. The number of fused-ring (bicyclic) bond motifs is 1. The summed E-state index contributed by atoms with van der Waals surface area (Å²) in [6.07, 6.45) is 2.50. The molecule has 2 aliphatic heterocycles. The van der Waals surface area contributed by atoms with Gasteiger partial charge in [-0.2, -0.15) is 4.98 Å². The minimum atomic E-state index is -1.36. The summed E-state index contributed by atoms with van der Waals surface area (Å²) in [5, 5.41) is 26.0. The van der Waals surface area contributed by atoms with E-state index >= 15 is 0 Å². The summed E-state index contributed by atoms with van der Waals surface area (Å²) >= 11 is 0. The van der Waals surface area contributed by atoms with E-state index in [9.17, 15) is 14.6 Å². The molecule has 8 nitrogen and oxygen atoms in total. The predicted octanol–water partition coefficient (Wildman–Crippen LogP) is 4.40. The van der Waals surface area contributed by atoms with E-state index in [1.165, 1.54) is 12.5 Å². The van der Waals surface area contributed by atoms with E-state index in [1.54, 1.807) is 17.2 Å². The second kappa shape index (κ2) is 9.36. The molecule has 0 saturated carbocycles. The highest BCUT2D eigenvalue weighted by atomic mass is 19.1. The van der Waals surface area contributed by atoms with Crippen LogP contribution in [0.2, 0.25) is 0 Å². The van der Waals surface area contributed by atoms with Gasteiger partial charge in [0.1, 0.15) is 17.8 Å². The molecule has 4 heterocycles. The average molecular weight is 509 g/mol. The van der Waals surface area contributed by atoms with Crippen molar-refractivity contribution in [1.82, 2.24) is 15.0 Å². The van der Waals surface area contributed by atoms with Crippen LogP contribution in [0.5, 0.6) is 0 Å². The molecule has 2 fully saturated rings. The monoisotopic (exact) mass is 508 g/mol. The van der Waals surface area contributed by atoms with Crippen LogP contribution in [-0.4, -0.2) is 68.7 Å². The van der Waals surface area contributed by atoms with Gasteiger partial charge in [0.2, 0.25) is 5.95 Å². The van der Waals surface area contributed by atoms with Crippen molar-refractivity contribution >= 4 is 34.0 Å². The number of benzene rings is 1. The van der Waals surface area contributed by atoms with Crippen molar-refractivity contribution in [2.75, 3.05) is 41.3 Å². The van der Waals surface area contributed by atoms with E-state index in [1.807, 2.05) is 20.0 Å². The minimum Gasteiger partial charge on any atom is -0.390 e. The molecule has 0 radical (unpaired) electrons. The molecule has 2 saturated heterocycles. The fourth-order valence-electron chi connectivity index (χ4n) is 5.10. The maximum absolute atomic E-state index is 14.4. The molecule has 198 valence electrons. The molecule has 0 bridgehead atoms. The fourth-order valence-corrected chi connectivity index (χ4v) is 5.10. The molecule has 0 amide bonds. The Morgan fingerprint density at radius 2 is 1.84 bits per heavy atom. The lowest BCUT2D eigenvalue weighted by Gasteiger charge is -2.47. The van der Waals surface area contributed by atoms with Crippen molar-refractivity contribution in [3.63, 3.8) is 0 Å². The number of piperidine rings is 1. The molecule has 2 atom stereocenters. The van der Waals surface area contributed by atoms with Gasteiger partial charge in [-0.25, -0.2) is 14.4 Å². The molecule has 3 N–H and O–H groups in total. The second-order valence-corrected chi connectivity index (χ2v) is 11.6. The van der Waals surface area contributed by atoms with Crippen LogP contribution in [-0.2, 0) is 0 Å². The highest BCUT2D eigenvalue weighted by molar-refractivity contribution is 5.98. The summed E-state index contributed by atoms with van der Waals surface area (Å²) < 4.78 is 14.4. The zero-order chi connectivity index (χ0) is 26.5. The SMILES string of the molecule is CC(C)c1ccc(N2CC(C(C)(C)O)C2)c2cnc(Nc3ccnc(N4CC[C@@](C)(O)[C@@H](F)C4)n3)cc12. The van der Waals surface area contributed by atoms with Crippen molar-refractivity contribution in [2.45, 2.75) is 64.3 Å². The predicted molar refractivity (Wildman–Crippen MR) is 145 cm³/mol. The van der Waals surface area contributed by atoms with Gasteiger partial charge in [0.25, 0.3) is 0 Å². The van der Waals surface area contributed by atoms with E-state index < -0.39 is 17.4 Å². The van der Waals surface area contributed by atoms with Crippen LogP contribution in [0.25, 0.3) is 10.8 Å². The van der Waals surface area contributed by atoms with Gasteiger partial charge in [-0.05, 0) is 62.3 Å². The Morgan fingerprint density at radius 3 is 2.51 bits per heavy atom. The van der Waals surface area contributed by atoms with Gasteiger partial charge in [-0.3, -0.25) is 0 Å². The lowest BCUT2D eigenvalue weighted by Crippen LogP contribution is -2.55. The van der Waals surface area contributed by atoms with Gasteiger partial charge in [-0.15, -0.1) is 0 Å². The maximum atomic E-state index is 14.4.